The lowest BCUT2D eigenvalue weighted by Gasteiger charge is -2.17. The summed E-state index contributed by atoms with van der Waals surface area (Å²) in [5, 5.41) is 3.34. The van der Waals surface area contributed by atoms with E-state index < -0.39 is 0 Å². The highest BCUT2D eigenvalue weighted by Crippen LogP contribution is 2.16. The van der Waals surface area contributed by atoms with E-state index in [9.17, 15) is 4.79 Å². The zero-order valence-corrected chi connectivity index (χ0v) is 11.8. The van der Waals surface area contributed by atoms with Crippen LogP contribution >= 0.6 is 0 Å². The van der Waals surface area contributed by atoms with Crippen LogP contribution in [0.25, 0.3) is 5.65 Å². The number of nitrogens with zero attached hydrogens (tertiary/aromatic N) is 2. The van der Waals surface area contributed by atoms with Crippen molar-refractivity contribution in [1.29, 1.82) is 0 Å². The molecule has 0 unspecified atom stereocenters. The van der Waals surface area contributed by atoms with Crippen LogP contribution in [0.1, 0.15) is 32.9 Å². The van der Waals surface area contributed by atoms with Gasteiger partial charge in [-0.15, -0.1) is 0 Å². The Morgan fingerprint density at radius 3 is 2.84 bits per heavy atom. The molecule has 2 aromatic rings. The Labute approximate surface area is 113 Å². The zero-order chi connectivity index (χ0) is 13.9. The average Bonchev–Trinajstić information content (AvgIpc) is 2.34. The summed E-state index contributed by atoms with van der Waals surface area (Å²) in [4.78, 5) is 16.4. The molecule has 19 heavy (non-hydrogen) atoms. The SMILES string of the molecule is CC(C)(C)CCNCc1cc(=O)n2ccccc2n1. The van der Waals surface area contributed by atoms with Crippen molar-refractivity contribution < 1.29 is 0 Å². The predicted octanol–water partition coefficient (Wildman–Crippen LogP) is 2.22. The van der Waals surface area contributed by atoms with Gasteiger partial charge >= 0.3 is 0 Å². The first-order chi connectivity index (χ1) is 8.96. The van der Waals surface area contributed by atoms with Crippen LogP contribution in [0.15, 0.2) is 35.3 Å². The van der Waals surface area contributed by atoms with E-state index in [0.29, 0.717) is 17.6 Å². The van der Waals surface area contributed by atoms with E-state index in [0.717, 1.165) is 18.7 Å². The maximum atomic E-state index is 11.9. The lowest BCUT2D eigenvalue weighted by molar-refractivity contribution is 0.366. The van der Waals surface area contributed by atoms with Crippen LogP contribution < -0.4 is 10.9 Å². The molecule has 0 aliphatic heterocycles. The molecule has 0 saturated carbocycles. The molecule has 0 radical (unpaired) electrons. The van der Waals surface area contributed by atoms with Gasteiger partial charge in [0, 0.05) is 18.8 Å². The summed E-state index contributed by atoms with van der Waals surface area (Å²) in [6.07, 6.45) is 2.83. The fourth-order valence-electron chi connectivity index (χ4n) is 1.87. The molecule has 0 aromatic carbocycles. The molecule has 0 aliphatic rings. The van der Waals surface area contributed by atoms with E-state index in [4.69, 9.17) is 0 Å². The van der Waals surface area contributed by atoms with E-state index >= 15 is 0 Å². The van der Waals surface area contributed by atoms with E-state index in [2.05, 4.69) is 31.1 Å². The number of pyridine rings is 1. The summed E-state index contributed by atoms with van der Waals surface area (Å²) in [6.45, 7) is 8.22. The van der Waals surface area contributed by atoms with Gasteiger partial charge < -0.3 is 5.32 Å². The smallest absolute Gasteiger partial charge is 0.258 e. The Kier molecular flexibility index (Phi) is 4.00. The van der Waals surface area contributed by atoms with Crippen LogP contribution in [0.3, 0.4) is 0 Å². The largest absolute Gasteiger partial charge is 0.311 e. The van der Waals surface area contributed by atoms with Gasteiger partial charge in [-0.2, -0.15) is 0 Å². The third-order valence-corrected chi connectivity index (χ3v) is 2.98. The molecule has 0 amide bonds. The van der Waals surface area contributed by atoms with Crippen molar-refractivity contribution >= 4 is 5.65 Å². The standard InChI is InChI=1S/C15H21N3O/c1-15(2,3)7-8-16-11-12-10-14(19)18-9-5-4-6-13(18)17-12/h4-6,9-10,16H,7-8,11H2,1-3H3. The van der Waals surface area contributed by atoms with Crippen molar-refractivity contribution in [3.63, 3.8) is 0 Å². The summed E-state index contributed by atoms with van der Waals surface area (Å²) >= 11 is 0. The van der Waals surface area contributed by atoms with Gasteiger partial charge in [-0.05, 0) is 30.5 Å². The Morgan fingerprint density at radius 2 is 2.11 bits per heavy atom. The summed E-state index contributed by atoms with van der Waals surface area (Å²) < 4.78 is 1.55. The van der Waals surface area contributed by atoms with Gasteiger partial charge in [-0.3, -0.25) is 9.20 Å². The normalized spacial score (nSPS) is 11.9. The lowest BCUT2D eigenvalue weighted by atomic mass is 9.92. The molecule has 0 spiro atoms. The Morgan fingerprint density at radius 1 is 1.32 bits per heavy atom. The predicted molar refractivity (Wildman–Crippen MR) is 77.2 cm³/mol. The zero-order valence-electron chi connectivity index (χ0n) is 11.8. The molecule has 102 valence electrons. The Bertz CT molecular complexity index is 611. The molecule has 0 saturated heterocycles. The second kappa shape index (κ2) is 5.53. The van der Waals surface area contributed by atoms with Crippen molar-refractivity contribution in [2.75, 3.05) is 6.54 Å². The van der Waals surface area contributed by atoms with E-state index in [1.54, 1.807) is 16.7 Å². The van der Waals surface area contributed by atoms with Crippen LogP contribution in [-0.2, 0) is 6.54 Å². The van der Waals surface area contributed by atoms with Gasteiger partial charge in [0.25, 0.3) is 5.56 Å². The molecule has 1 N–H and O–H groups in total. The molecule has 2 aromatic heterocycles. The highest BCUT2D eigenvalue weighted by Gasteiger charge is 2.09. The minimum atomic E-state index is -0.0294. The van der Waals surface area contributed by atoms with Crippen LogP contribution in [-0.4, -0.2) is 15.9 Å². The van der Waals surface area contributed by atoms with Gasteiger partial charge in [0.2, 0.25) is 0 Å². The first kappa shape index (κ1) is 13.7. The third kappa shape index (κ3) is 3.89. The number of fused-ring (bicyclic) bond motifs is 1. The van der Waals surface area contributed by atoms with Crippen molar-refractivity contribution in [2.24, 2.45) is 5.41 Å². The van der Waals surface area contributed by atoms with E-state index in [-0.39, 0.29) is 5.56 Å². The topological polar surface area (TPSA) is 46.4 Å². The van der Waals surface area contributed by atoms with Crippen LogP contribution in [0, 0.1) is 5.41 Å². The monoisotopic (exact) mass is 259 g/mol. The van der Waals surface area contributed by atoms with Crippen molar-refractivity contribution in [2.45, 2.75) is 33.7 Å². The molecule has 0 atom stereocenters. The highest BCUT2D eigenvalue weighted by atomic mass is 16.1. The number of nitrogens with one attached hydrogen (secondary N) is 1. The molecular formula is C15H21N3O. The van der Waals surface area contributed by atoms with Crippen molar-refractivity contribution in [3.8, 4) is 0 Å². The minimum Gasteiger partial charge on any atom is -0.311 e. The second-order valence-electron chi connectivity index (χ2n) is 6.00. The average molecular weight is 259 g/mol. The fourth-order valence-corrected chi connectivity index (χ4v) is 1.87. The third-order valence-electron chi connectivity index (χ3n) is 2.98. The van der Waals surface area contributed by atoms with E-state index in [1.165, 1.54) is 0 Å². The van der Waals surface area contributed by atoms with Crippen LogP contribution in [0.5, 0.6) is 0 Å². The summed E-state index contributed by atoms with van der Waals surface area (Å²) in [6, 6.07) is 7.16. The quantitative estimate of drug-likeness (QED) is 0.856. The molecule has 0 fully saturated rings. The lowest BCUT2D eigenvalue weighted by Crippen LogP contribution is -2.23. The molecule has 4 nitrogen and oxygen atoms in total. The molecular weight excluding hydrogens is 238 g/mol. The molecule has 0 bridgehead atoms. The first-order valence-electron chi connectivity index (χ1n) is 6.64. The van der Waals surface area contributed by atoms with Gasteiger partial charge in [0.15, 0.2) is 0 Å². The van der Waals surface area contributed by atoms with Crippen molar-refractivity contribution in [3.05, 3.63) is 46.5 Å². The fraction of sp³-hybridized carbons (Fsp3) is 0.467. The molecule has 2 rings (SSSR count). The van der Waals surface area contributed by atoms with Crippen LogP contribution in [0.2, 0.25) is 0 Å². The number of hydrogen-bond donors (Lipinski definition) is 1. The van der Waals surface area contributed by atoms with E-state index in [1.807, 2.05) is 18.2 Å². The molecule has 4 heteroatoms. The Hall–Kier alpha value is -1.68. The summed E-state index contributed by atoms with van der Waals surface area (Å²) in [5.74, 6) is 0. The Balaban J connectivity index is 2.04. The molecule has 0 aliphatic carbocycles. The summed E-state index contributed by atoms with van der Waals surface area (Å²) in [5.41, 5.74) is 1.79. The van der Waals surface area contributed by atoms with Gasteiger partial charge in [0.1, 0.15) is 5.65 Å². The minimum absolute atomic E-state index is 0.0294. The molecule has 2 heterocycles. The first-order valence-corrected chi connectivity index (χ1v) is 6.64. The number of hydrogen-bond acceptors (Lipinski definition) is 3. The van der Waals surface area contributed by atoms with Gasteiger partial charge in [-0.1, -0.05) is 26.8 Å². The number of aromatic nitrogens is 2. The van der Waals surface area contributed by atoms with Gasteiger partial charge in [0.05, 0.1) is 5.69 Å². The van der Waals surface area contributed by atoms with Gasteiger partial charge in [-0.25, -0.2) is 4.98 Å². The number of rotatable bonds is 4. The van der Waals surface area contributed by atoms with Crippen LogP contribution in [0.4, 0.5) is 0 Å². The maximum Gasteiger partial charge on any atom is 0.258 e. The second-order valence-corrected chi connectivity index (χ2v) is 6.00. The van der Waals surface area contributed by atoms with Crippen molar-refractivity contribution in [1.82, 2.24) is 14.7 Å². The summed E-state index contributed by atoms with van der Waals surface area (Å²) in [7, 11) is 0. The maximum absolute atomic E-state index is 11.9. The highest BCUT2D eigenvalue weighted by molar-refractivity contribution is 5.37.